The van der Waals surface area contributed by atoms with Gasteiger partial charge in [0, 0.05) is 31.8 Å². The zero-order valence-electron chi connectivity index (χ0n) is 18.7. The van der Waals surface area contributed by atoms with Crippen LogP contribution in [0.1, 0.15) is 11.9 Å². The first kappa shape index (κ1) is 24.2. The molecule has 0 aliphatic rings. The number of non-ortho nitro benzene ring substituents is 1. The summed E-state index contributed by atoms with van der Waals surface area (Å²) in [6.07, 6.45) is 0.697. The SMILES string of the molecule is CCc1nnc(NC(=O)CSc2nc(-c3ccc([N+](=O)[O-])cc3)nc3c2c(=O)n(C)c(=O)n3C)s1. The first-order valence-corrected chi connectivity index (χ1v) is 12.0. The first-order valence-electron chi connectivity index (χ1n) is 10.2. The first-order chi connectivity index (χ1) is 16.7. The van der Waals surface area contributed by atoms with Gasteiger partial charge in [0.15, 0.2) is 11.5 Å². The number of rotatable bonds is 7. The van der Waals surface area contributed by atoms with Gasteiger partial charge in [-0.3, -0.25) is 34.2 Å². The Balaban J connectivity index is 1.75. The third kappa shape index (κ3) is 4.81. The van der Waals surface area contributed by atoms with Crippen LogP contribution in [-0.2, 0) is 25.3 Å². The molecule has 13 nitrogen and oxygen atoms in total. The Morgan fingerprint density at radius 2 is 1.86 bits per heavy atom. The van der Waals surface area contributed by atoms with Crippen molar-refractivity contribution in [2.24, 2.45) is 14.1 Å². The van der Waals surface area contributed by atoms with Gasteiger partial charge in [-0.25, -0.2) is 14.8 Å². The Morgan fingerprint density at radius 1 is 1.14 bits per heavy atom. The molecule has 35 heavy (non-hydrogen) atoms. The van der Waals surface area contributed by atoms with Crippen LogP contribution in [0.2, 0.25) is 0 Å². The van der Waals surface area contributed by atoms with Crippen molar-refractivity contribution in [1.82, 2.24) is 29.3 Å². The number of fused-ring (bicyclic) bond motifs is 1. The van der Waals surface area contributed by atoms with Gasteiger partial charge in [-0.2, -0.15) is 0 Å². The van der Waals surface area contributed by atoms with Crippen molar-refractivity contribution in [3.63, 3.8) is 0 Å². The molecule has 0 spiro atoms. The fourth-order valence-electron chi connectivity index (χ4n) is 3.13. The van der Waals surface area contributed by atoms with Crippen LogP contribution in [0.4, 0.5) is 10.8 Å². The van der Waals surface area contributed by atoms with E-state index in [9.17, 15) is 24.5 Å². The summed E-state index contributed by atoms with van der Waals surface area (Å²) in [5, 5.41) is 22.9. The maximum Gasteiger partial charge on any atom is 0.332 e. The molecule has 1 aromatic carbocycles. The zero-order chi connectivity index (χ0) is 25.3. The lowest BCUT2D eigenvalue weighted by Gasteiger charge is -2.12. The van der Waals surface area contributed by atoms with E-state index in [-0.39, 0.29) is 39.2 Å². The summed E-state index contributed by atoms with van der Waals surface area (Å²) in [5.41, 5.74) is -0.755. The molecule has 0 saturated heterocycles. The number of amides is 1. The van der Waals surface area contributed by atoms with Gasteiger partial charge in [-0.1, -0.05) is 30.0 Å². The van der Waals surface area contributed by atoms with Gasteiger partial charge >= 0.3 is 5.69 Å². The number of hydrogen-bond donors (Lipinski definition) is 1. The summed E-state index contributed by atoms with van der Waals surface area (Å²) in [6.45, 7) is 1.93. The quantitative estimate of drug-likeness (QED) is 0.166. The number of aromatic nitrogens is 6. The molecule has 0 aliphatic heterocycles. The third-order valence-corrected chi connectivity index (χ3v) is 6.92. The number of carbonyl (C=O) groups is 1. The lowest BCUT2D eigenvalue weighted by atomic mass is 10.2. The zero-order valence-corrected chi connectivity index (χ0v) is 20.3. The van der Waals surface area contributed by atoms with Crippen LogP contribution < -0.4 is 16.6 Å². The summed E-state index contributed by atoms with van der Waals surface area (Å²) in [7, 11) is 2.81. The summed E-state index contributed by atoms with van der Waals surface area (Å²) >= 11 is 2.27. The van der Waals surface area contributed by atoms with Crippen LogP contribution in [0.5, 0.6) is 0 Å². The minimum Gasteiger partial charge on any atom is -0.300 e. The topological polar surface area (TPSA) is 168 Å². The average molecular weight is 515 g/mol. The number of benzene rings is 1. The average Bonchev–Trinajstić information content (AvgIpc) is 3.31. The van der Waals surface area contributed by atoms with Gasteiger partial charge in [-0.15, -0.1) is 10.2 Å². The smallest absolute Gasteiger partial charge is 0.300 e. The number of nitro groups is 1. The molecule has 4 rings (SSSR count). The Bertz CT molecular complexity index is 1580. The molecule has 0 radical (unpaired) electrons. The molecule has 4 aromatic rings. The van der Waals surface area contributed by atoms with E-state index in [4.69, 9.17) is 0 Å². The van der Waals surface area contributed by atoms with Gasteiger partial charge < -0.3 is 0 Å². The highest BCUT2D eigenvalue weighted by Crippen LogP contribution is 2.27. The Labute approximate surface area is 205 Å². The largest absolute Gasteiger partial charge is 0.332 e. The van der Waals surface area contributed by atoms with Crippen molar-refractivity contribution in [3.8, 4) is 11.4 Å². The van der Waals surface area contributed by atoms with Gasteiger partial charge in [0.25, 0.3) is 11.2 Å². The molecule has 1 N–H and O–H groups in total. The van der Waals surface area contributed by atoms with Crippen LogP contribution in [0, 0.1) is 10.1 Å². The summed E-state index contributed by atoms with van der Waals surface area (Å²) in [4.78, 5) is 57.2. The summed E-state index contributed by atoms with van der Waals surface area (Å²) < 4.78 is 2.15. The van der Waals surface area contributed by atoms with E-state index in [1.54, 1.807) is 0 Å². The molecule has 0 saturated carbocycles. The minimum absolute atomic E-state index is 0.0843. The normalized spacial score (nSPS) is 11.1. The van der Waals surface area contributed by atoms with E-state index in [0.29, 0.717) is 17.1 Å². The van der Waals surface area contributed by atoms with Crippen molar-refractivity contribution in [3.05, 3.63) is 60.2 Å². The lowest BCUT2D eigenvalue weighted by Crippen LogP contribution is -2.37. The highest BCUT2D eigenvalue weighted by atomic mass is 32.2. The van der Waals surface area contributed by atoms with E-state index >= 15 is 0 Å². The van der Waals surface area contributed by atoms with E-state index < -0.39 is 16.2 Å². The Kier molecular flexibility index (Phi) is 6.70. The number of hydrogen-bond acceptors (Lipinski definition) is 11. The molecular weight excluding hydrogens is 496 g/mol. The number of anilines is 1. The highest BCUT2D eigenvalue weighted by Gasteiger charge is 2.20. The van der Waals surface area contributed by atoms with Crippen molar-refractivity contribution < 1.29 is 9.72 Å². The van der Waals surface area contributed by atoms with Crippen molar-refractivity contribution in [1.29, 1.82) is 0 Å². The highest BCUT2D eigenvalue weighted by molar-refractivity contribution is 8.00. The summed E-state index contributed by atoms with van der Waals surface area (Å²) in [6, 6.07) is 5.55. The van der Waals surface area contributed by atoms with E-state index in [0.717, 1.165) is 21.3 Å². The van der Waals surface area contributed by atoms with E-state index in [1.807, 2.05) is 6.92 Å². The monoisotopic (exact) mass is 514 g/mol. The number of aryl methyl sites for hydroxylation is 2. The third-order valence-electron chi connectivity index (χ3n) is 4.96. The molecule has 3 heterocycles. The maximum atomic E-state index is 12.9. The van der Waals surface area contributed by atoms with Crippen molar-refractivity contribution in [2.75, 3.05) is 11.1 Å². The van der Waals surface area contributed by atoms with E-state index in [1.165, 1.54) is 54.3 Å². The fourth-order valence-corrected chi connectivity index (χ4v) is 4.64. The standard InChI is InChI=1S/C20H18N8O5S2/c1-4-13-24-25-19(35-13)21-12(29)9-34-17-14-16(26(2)20(31)27(3)18(14)30)22-15(23-17)10-5-7-11(8-6-10)28(32)33/h5-8H,4,9H2,1-3H3,(H,21,25,29). The molecular formula is C20H18N8O5S2. The molecule has 0 fully saturated rings. The Hall–Kier alpha value is -3.98. The predicted molar refractivity (Wildman–Crippen MR) is 131 cm³/mol. The lowest BCUT2D eigenvalue weighted by molar-refractivity contribution is -0.384. The number of nitro benzene ring substituents is 1. The molecule has 0 unspecified atom stereocenters. The van der Waals surface area contributed by atoms with Gasteiger partial charge in [0.2, 0.25) is 11.0 Å². The van der Waals surface area contributed by atoms with Crippen molar-refractivity contribution in [2.45, 2.75) is 18.4 Å². The molecule has 0 atom stereocenters. The Morgan fingerprint density at radius 3 is 2.49 bits per heavy atom. The molecule has 3 aromatic heterocycles. The molecule has 1 amide bonds. The van der Waals surface area contributed by atoms with Crippen molar-refractivity contribution >= 4 is 50.9 Å². The van der Waals surface area contributed by atoms with Gasteiger partial charge in [0.05, 0.1) is 10.7 Å². The second-order valence-electron chi connectivity index (χ2n) is 7.25. The summed E-state index contributed by atoms with van der Waals surface area (Å²) in [5.74, 6) is -0.326. The molecule has 0 aliphatic carbocycles. The molecule has 15 heteroatoms. The van der Waals surface area contributed by atoms with Gasteiger partial charge in [-0.05, 0) is 18.6 Å². The van der Waals surface area contributed by atoms with Crippen LogP contribution in [0.25, 0.3) is 22.4 Å². The number of carbonyl (C=O) groups excluding carboxylic acids is 1. The minimum atomic E-state index is -0.599. The second kappa shape index (κ2) is 9.71. The molecule has 0 bridgehead atoms. The van der Waals surface area contributed by atoms with E-state index in [2.05, 4.69) is 25.5 Å². The molecule has 180 valence electrons. The van der Waals surface area contributed by atoms with Crippen LogP contribution in [-0.4, -0.2) is 45.9 Å². The maximum absolute atomic E-state index is 12.9. The van der Waals surface area contributed by atoms with Gasteiger partial charge in [0.1, 0.15) is 15.4 Å². The van der Waals surface area contributed by atoms with Crippen LogP contribution >= 0.6 is 23.1 Å². The number of thioether (sulfide) groups is 1. The number of nitrogens with zero attached hydrogens (tertiary/aromatic N) is 7. The van der Waals surface area contributed by atoms with Crippen LogP contribution in [0.3, 0.4) is 0 Å². The number of nitrogens with one attached hydrogen (secondary N) is 1. The second-order valence-corrected chi connectivity index (χ2v) is 9.28. The predicted octanol–water partition coefficient (Wildman–Crippen LogP) is 1.75. The van der Waals surface area contributed by atoms with Crippen LogP contribution in [0.15, 0.2) is 38.9 Å². The fraction of sp³-hybridized carbons (Fsp3) is 0.250.